The Labute approximate surface area is 139 Å². The first-order valence-corrected chi connectivity index (χ1v) is 7.48. The molecule has 122 valence electrons. The third-order valence-corrected chi connectivity index (χ3v) is 3.60. The molecule has 2 aromatic heterocycles. The second kappa shape index (κ2) is 6.11. The number of aryl methyl sites for hydroxylation is 2. The third kappa shape index (κ3) is 2.96. The van der Waals surface area contributed by atoms with E-state index in [1.54, 1.807) is 22.9 Å². The molecule has 0 unspecified atom stereocenters. The van der Waals surface area contributed by atoms with E-state index >= 15 is 0 Å². The lowest BCUT2D eigenvalue weighted by Crippen LogP contribution is -2.09. The number of hydrogen-bond donors (Lipinski definition) is 2. The molecule has 3 N–H and O–H groups in total. The van der Waals surface area contributed by atoms with Crippen LogP contribution in [-0.4, -0.2) is 25.5 Å². The van der Waals surface area contributed by atoms with Gasteiger partial charge in [0, 0.05) is 16.9 Å². The highest BCUT2D eigenvalue weighted by Crippen LogP contribution is 2.26. The quantitative estimate of drug-likeness (QED) is 0.717. The summed E-state index contributed by atoms with van der Waals surface area (Å²) in [6.07, 6.45) is 1.43. The summed E-state index contributed by atoms with van der Waals surface area (Å²) in [5.74, 6) is 0.978. The lowest BCUT2D eigenvalue weighted by molar-refractivity contribution is 0.101. The van der Waals surface area contributed by atoms with E-state index in [-0.39, 0.29) is 5.78 Å². The molecule has 7 nitrogen and oxygen atoms in total. The highest BCUT2D eigenvalue weighted by atomic mass is 16.1. The van der Waals surface area contributed by atoms with Gasteiger partial charge < -0.3 is 11.1 Å². The first kappa shape index (κ1) is 15.7. The molecule has 1 aromatic carbocycles. The van der Waals surface area contributed by atoms with E-state index in [2.05, 4.69) is 20.4 Å². The number of ketones is 1. The van der Waals surface area contributed by atoms with Gasteiger partial charge in [0.25, 0.3) is 0 Å². The van der Waals surface area contributed by atoms with Gasteiger partial charge in [0.15, 0.2) is 17.4 Å². The zero-order chi connectivity index (χ0) is 17.3. The van der Waals surface area contributed by atoms with Crippen molar-refractivity contribution < 1.29 is 4.79 Å². The summed E-state index contributed by atoms with van der Waals surface area (Å²) in [5, 5.41) is 7.54. The van der Waals surface area contributed by atoms with E-state index in [0.717, 1.165) is 17.1 Å². The molecular formula is C17H18N6O. The maximum atomic E-state index is 11.5. The van der Waals surface area contributed by atoms with Crippen LogP contribution in [0.4, 0.5) is 17.2 Å². The number of nitrogens with zero attached hydrogens (tertiary/aromatic N) is 4. The average Bonchev–Trinajstić information content (AvgIpc) is 2.88. The number of carbonyl (C=O) groups excluding carboxylic acids is 1. The molecule has 0 aliphatic rings. The van der Waals surface area contributed by atoms with Gasteiger partial charge in [0.05, 0.1) is 5.69 Å². The highest BCUT2D eigenvalue weighted by molar-refractivity contribution is 5.95. The van der Waals surface area contributed by atoms with Gasteiger partial charge in [-0.05, 0) is 39.0 Å². The molecule has 0 saturated carbocycles. The minimum atomic E-state index is -0.00219. The van der Waals surface area contributed by atoms with E-state index in [4.69, 9.17) is 5.73 Å². The normalized spacial score (nSPS) is 10.6. The van der Waals surface area contributed by atoms with Gasteiger partial charge in [-0.1, -0.05) is 12.1 Å². The highest BCUT2D eigenvalue weighted by Gasteiger charge is 2.13. The fourth-order valence-corrected chi connectivity index (χ4v) is 2.45. The number of nitrogens with two attached hydrogens (primary N) is 1. The molecule has 3 rings (SSSR count). The van der Waals surface area contributed by atoms with Gasteiger partial charge >= 0.3 is 0 Å². The molecule has 0 radical (unpaired) electrons. The summed E-state index contributed by atoms with van der Waals surface area (Å²) < 4.78 is 1.68. The van der Waals surface area contributed by atoms with Crippen LogP contribution in [-0.2, 0) is 0 Å². The Bertz CT molecular complexity index is 915. The number of benzene rings is 1. The molecular weight excluding hydrogens is 304 g/mol. The minimum Gasteiger partial charge on any atom is -0.393 e. The van der Waals surface area contributed by atoms with Crippen LogP contribution in [0.3, 0.4) is 0 Å². The average molecular weight is 322 g/mol. The van der Waals surface area contributed by atoms with Crippen LogP contribution in [0.5, 0.6) is 0 Å². The van der Waals surface area contributed by atoms with E-state index in [9.17, 15) is 4.79 Å². The molecule has 0 atom stereocenters. The Morgan fingerprint density at radius 3 is 2.67 bits per heavy atom. The monoisotopic (exact) mass is 322 g/mol. The van der Waals surface area contributed by atoms with Crippen molar-refractivity contribution in [2.75, 3.05) is 11.1 Å². The Balaban J connectivity index is 1.98. The number of Topliss-reactive ketones (excluding diaryl/α,β-unsaturated/α-hetero) is 1. The van der Waals surface area contributed by atoms with Crippen molar-refractivity contribution in [2.45, 2.75) is 20.8 Å². The van der Waals surface area contributed by atoms with Gasteiger partial charge in [-0.15, -0.1) is 0 Å². The van der Waals surface area contributed by atoms with Gasteiger partial charge in [-0.3, -0.25) is 4.79 Å². The largest absolute Gasteiger partial charge is 0.393 e. The van der Waals surface area contributed by atoms with E-state index in [1.165, 1.54) is 13.3 Å². The molecule has 3 aromatic rings. The van der Waals surface area contributed by atoms with Crippen molar-refractivity contribution >= 4 is 23.0 Å². The zero-order valence-electron chi connectivity index (χ0n) is 13.7. The van der Waals surface area contributed by atoms with Gasteiger partial charge in [0.2, 0.25) is 0 Å². The van der Waals surface area contributed by atoms with Crippen LogP contribution in [0.2, 0.25) is 0 Å². The van der Waals surface area contributed by atoms with Crippen LogP contribution >= 0.6 is 0 Å². The summed E-state index contributed by atoms with van der Waals surface area (Å²) in [5.41, 5.74) is 9.77. The molecule has 24 heavy (non-hydrogen) atoms. The number of anilines is 3. The zero-order valence-corrected chi connectivity index (χ0v) is 13.7. The summed E-state index contributed by atoms with van der Waals surface area (Å²) in [4.78, 5) is 19.9. The molecule has 0 aliphatic carbocycles. The van der Waals surface area contributed by atoms with Gasteiger partial charge in [-0.25, -0.2) is 14.6 Å². The lowest BCUT2D eigenvalue weighted by atomic mass is 10.1. The van der Waals surface area contributed by atoms with E-state index in [1.807, 2.05) is 26.0 Å². The number of hydrogen-bond acceptors (Lipinski definition) is 6. The summed E-state index contributed by atoms with van der Waals surface area (Å²) in [6, 6.07) is 9.12. The third-order valence-electron chi connectivity index (χ3n) is 3.60. The second-order valence-corrected chi connectivity index (χ2v) is 5.56. The number of nitrogen functional groups attached to an aromatic ring is 1. The standard InChI is InChI=1S/C17H18N6O/c1-10-7-11(2)23(22-10)17-15(18)16(19-9-20-17)21-14-6-4-5-13(8-14)12(3)24/h4-9H,18H2,1-3H3,(H,19,20,21). The minimum absolute atomic E-state index is 0.00219. The topological polar surface area (TPSA) is 98.7 Å². The molecule has 0 bridgehead atoms. The molecule has 0 amide bonds. The van der Waals surface area contributed by atoms with Crippen LogP contribution in [0.15, 0.2) is 36.7 Å². The molecule has 0 spiro atoms. The number of rotatable bonds is 4. The Morgan fingerprint density at radius 1 is 1.21 bits per heavy atom. The number of carbonyl (C=O) groups is 1. The van der Waals surface area contributed by atoms with Crippen molar-refractivity contribution in [1.82, 2.24) is 19.7 Å². The first-order chi connectivity index (χ1) is 11.5. The Hall–Kier alpha value is -3.22. The Kier molecular flexibility index (Phi) is 3.99. The first-order valence-electron chi connectivity index (χ1n) is 7.48. The molecule has 7 heteroatoms. The van der Waals surface area contributed by atoms with Crippen LogP contribution < -0.4 is 11.1 Å². The molecule has 2 heterocycles. The van der Waals surface area contributed by atoms with Gasteiger partial charge in [-0.2, -0.15) is 5.10 Å². The smallest absolute Gasteiger partial charge is 0.182 e. The van der Waals surface area contributed by atoms with Crippen LogP contribution in [0.25, 0.3) is 5.82 Å². The summed E-state index contributed by atoms with van der Waals surface area (Å²) in [6.45, 7) is 5.37. The maximum Gasteiger partial charge on any atom is 0.182 e. The van der Waals surface area contributed by atoms with Crippen molar-refractivity contribution in [3.8, 4) is 5.82 Å². The predicted molar refractivity (Wildman–Crippen MR) is 92.8 cm³/mol. The predicted octanol–water partition coefficient (Wildman–Crippen LogP) is 2.81. The lowest BCUT2D eigenvalue weighted by Gasteiger charge is -2.12. The molecule has 0 aliphatic heterocycles. The van der Waals surface area contributed by atoms with E-state index < -0.39 is 0 Å². The fraction of sp³-hybridized carbons (Fsp3) is 0.176. The number of aromatic nitrogens is 4. The molecule has 0 saturated heterocycles. The fourth-order valence-electron chi connectivity index (χ4n) is 2.45. The second-order valence-electron chi connectivity index (χ2n) is 5.56. The summed E-state index contributed by atoms with van der Waals surface area (Å²) in [7, 11) is 0. The van der Waals surface area contributed by atoms with Crippen molar-refractivity contribution in [3.63, 3.8) is 0 Å². The van der Waals surface area contributed by atoms with Crippen LogP contribution in [0.1, 0.15) is 28.7 Å². The summed E-state index contributed by atoms with van der Waals surface area (Å²) >= 11 is 0. The van der Waals surface area contributed by atoms with Gasteiger partial charge in [0.1, 0.15) is 12.0 Å². The molecule has 0 fully saturated rings. The van der Waals surface area contributed by atoms with Crippen LogP contribution in [0, 0.1) is 13.8 Å². The number of nitrogens with one attached hydrogen (secondary N) is 1. The van der Waals surface area contributed by atoms with Crippen molar-refractivity contribution in [3.05, 3.63) is 53.6 Å². The van der Waals surface area contributed by atoms with Crippen molar-refractivity contribution in [2.24, 2.45) is 0 Å². The van der Waals surface area contributed by atoms with Crippen molar-refractivity contribution in [1.29, 1.82) is 0 Å². The SMILES string of the molecule is CC(=O)c1cccc(Nc2ncnc(-n3nc(C)cc3C)c2N)c1. The van der Waals surface area contributed by atoms with E-state index in [0.29, 0.717) is 22.9 Å². The Morgan fingerprint density at radius 2 is 2.00 bits per heavy atom. The maximum absolute atomic E-state index is 11.5.